The summed E-state index contributed by atoms with van der Waals surface area (Å²) in [5.41, 5.74) is 0.986. The van der Waals surface area contributed by atoms with Crippen molar-refractivity contribution in [2.75, 3.05) is 13.1 Å². The molecule has 1 amide bonds. The fraction of sp³-hybridized carbons (Fsp3) is 0.611. The molecule has 5 heteroatoms. The molecule has 1 aromatic carbocycles. The molecule has 126 valence electrons. The number of piperidine rings is 1. The molecule has 3 rings (SSSR count). The van der Waals surface area contributed by atoms with Gasteiger partial charge in [0.2, 0.25) is 5.91 Å². The number of amides is 1. The van der Waals surface area contributed by atoms with Crippen LogP contribution in [0.4, 0.5) is 4.39 Å². The number of hydrogen-bond acceptors (Lipinski definition) is 2. The van der Waals surface area contributed by atoms with Crippen LogP contribution in [0.1, 0.15) is 44.7 Å². The number of carbonyl (C=O) groups is 1. The van der Waals surface area contributed by atoms with E-state index >= 15 is 0 Å². The summed E-state index contributed by atoms with van der Waals surface area (Å²) in [6, 6.07) is 5.33. The number of likely N-dealkylation sites (tertiary alicyclic amines) is 1. The van der Waals surface area contributed by atoms with Gasteiger partial charge in [-0.05, 0) is 49.8 Å². The van der Waals surface area contributed by atoms with E-state index in [4.69, 9.17) is 11.6 Å². The van der Waals surface area contributed by atoms with Crippen LogP contribution in [0, 0.1) is 17.7 Å². The lowest BCUT2D eigenvalue weighted by atomic mass is 9.92. The van der Waals surface area contributed by atoms with Crippen LogP contribution in [-0.2, 0) is 4.79 Å². The number of nitrogens with one attached hydrogen (secondary N) is 1. The molecule has 0 spiro atoms. The number of benzene rings is 1. The van der Waals surface area contributed by atoms with Gasteiger partial charge in [0.15, 0.2) is 0 Å². The Morgan fingerprint density at radius 3 is 2.74 bits per heavy atom. The largest absolute Gasteiger partial charge is 0.342 e. The summed E-state index contributed by atoms with van der Waals surface area (Å²) in [6.07, 6.45) is 3.08. The summed E-state index contributed by atoms with van der Waals surface area (Å²) in [5.74, 6) is 0.661. The molecule has 1 heterocycles. The zero-order valence-electron chi connectivity index (χ0n) is 13.7. The van der Waals surface area contributed by atoms with Crippen LogP contribution in [0.5, 0.6) is 0 Å². The van der Waals surface area contributed by atoms with Gasteiger partial charge in [0.1, 0.15) is 5.82 Å². The fourth-order valence-electron chi connectivity index (χ4n) is 3.38. The van der Waals surface area contributed by atoms with Crippen LogP contribution >= 0.6 is 11.6 Å². The number of hydrogen-bond donors (Lipinski definition) is 1. The molecule has 3 nitrogen and oxygen atoms in total. The molecule has 0 radical (unpaired) electrons. The van der Waals surface area contributed by atoms with Crippen LogP contribution in [-0.4, -0.2) is 29.9 Å². The molecule has 2 aliphatic rings. The van der Waals surface area contributed by atoms with E-state index in [1.54, 1.807) is 12.1 Å². The maximum Gasteiger partial charge on any atom is 0.225 e. The van der Waals surface area contributed by atoms with Crippen LogP contribution in [0.15, 0.2) is 18.2 Å². The minimum absolute atomic E-state index is 0.103. The number of carbonyl (C=O) groups excluding carboxylic acids is 1. The predicted molar refractivity (Wildman–Crippen MR) is 89.8 cm³/mol. The molecule has 0 bridgehead atoms. The normalized spacial score (nSPS) is 26.2. The van der Waals surface area contributed by atoms with Crippen molar-refractivity contribution in [1.29, 1.82) is 0 Å². The van der Waals surface area contributed by atoms with E-state index < -0.39 is 0 Å². The zero-order valence-corrected chi connectivity index (χ0v) is 14.4. The first-order valence-corrected chi connectivity index (χ1v) is 8.83. The number of halogens is 2. The molecule has 1 N–H and O–H groups in total. The second kappa shape index (κ2) is 6.78. The van der Waals surface area contributed by atoms with Gasteiger partial charge in [-0.25, -0.2) is 4.39 Å². The van der Waals surface area contributed by atoms with Crippen molar-refractivity contribution in [2.45, 2.75) is 45.2 Å². The van der Waals surface area contributed by atoms with Crippen LogP contribution in [0.3, 0.4) is 0 Å². The molecule has 1 aliphatic heterocycles. The standard InChI is InChI=1S/C18H24ClFN2O/c1-11-10-22(18(23)13-3-4-13)8-7-17(11)21-12(2)14-5-6-16(20)15(19)9-14/h5-6,9,11-13,17,21H,3-4,7-8,10H2,1-2H3/t11-,12+,17+/m1/s1. The minimum atomic E-state index is -0.386. The first kappa shape index (κ1) is 16.7. The molecule has 23 heavy (non-hydrogen) atoms. The molecular weight excluding hydrogens is 315 g/mol. The Kier molecular flexibility index (Phi) is 4.93. The van der Waals surface area contributed by atoms with E-state index in [9.17, 15) is 9.18 Å². The Morgan fingerprint density at radius 2 is 2.13 bits per heavy atom. The van der Waals surface area contributed by atoms with Crippen molar-refractivity contribution >= 4 is 17.5 Å². The maximum atomic E-state index is 13.3. The first-order chi connectivity index (χ1) is 11.0. The van der Waals surface area contributed by atoms with Crippen LogP contribution in [0.2, 0.25) is 5.02 Å². The highest BCUT2D eigenvalue weighted by Crippen LogP contribution is 2.33. The van der Waals surface area contributed by atoms with Gasteiger partial charge >= 0.3 is 0 Å². The van der Waals surface area contributed by atoms with Crippen molar-refractivity contribution in [2.24, 2.45) is 11.8 Å². The highest BCUT2D eigenvalue weighted by Gasteiger charge is 2.37. The second-order valence-electron chi connectivity index (χ2n) is 6.99. The predicted octanol–water partition coefficient (Wildman–Crippen LogP) is 3.78. The molecule has 3 atom stereocenters. The van der Waals surface area contributed by atoms with Crippen molar-refractivity contribution in [3.8, 4) is 0 Å². The number of rotatable bonds is 4. The Balaban J connectivity index is 1.57. The molecule has 2 fully saturated rings. The summed E-state index contributed by atoms with van der Waals surface area (Å²) in [6.45, 7) is 5.91. The zero-order chi connectivity index (χ0) is 16.6. The summed E-state index contributed by atoms with van der Waals surface area (Å²) < 4.78 is 13.3. The van der Waals surface area contributed by atoms with Gasteiger partial charge in [0.05, 0.1) is 5.02 Å². The lowest BCUT2D eigenvalue weighted by Crippen LogP contribution is -2.50. The Hall–Kier alpha value is -1.13. The van der Waals surface area contributed by atoms with E-state index in [0.29, 0.717) is 23.8 Å². The molecule has 1 aliphatic carbocycles. The highest BCUT2D eigenvalue weighted by molar-refractivity contribution is 6.30. The third-order valence-corrected chi connectivity index (χ3v) is 5.34. The SMILES string of the molecule is C[C@H](N[C@H]1CCN(C(=O)C2CC2)C[C@H]1C)c1ccc(F)c(Cl)c1. The Bertz CT molecular complexity index is 590. The summed E-state index contributed by atoms with van der Waals surface area (Å²) >= 11 is 5.87. The second-order valence-corrected chi connectivity index (χ2v) is 7.40. The molecule has 0 aromatic heterocycles. The Labute approximate surface area is 142 Å². The van der Waals surface area contributed by atoms with E-state index in [1.807, 2.05) is 4.90 Å². The third-order valence-electron chi connectivity index (χ3n) is 5.05. The molecule has 1 saturated carbocycles. The monoisotopic (exact) mass is 338 g/mol. The van der Waals surface area contributed by atoms with Crippen molar-refractivity contribution in [3.63, 3.8) is 0 Å². The smallest absolute Gasteiger partial charge is 0.225 e. The quantitative estimate of drug-likeness (QED) is 0.906. The summed E-state index contributed by atoms with van der Waals surface area (Å²) in [7, 11) is 0. The Morgan fingerprint density at radius 1 is 1.39 bits per heavy atom. The van der Waals surface area contributed by atoms with E-state index in [-0.39, 0.29) is 16.9 Å². The van der Waals surface area contributed by atoms with Crippen molar-refractivity contribution in [1.82, 2.24) is 10.2 Å². The van der Waals surface area contributed by atoms with Gasteiger partial charge < -0.3 is 10.2 Å². The average molecular weight is 339 g/mol. The van der Waals surface area contributed by atoms with Gasteiger partial charge in [-0.15, -0.1) is 0 Å². The van der Waals surface area contributed by atoms with Gasteiger partial charge in [0, 0.05) is 31.1 Å². The van der Waals surface area contributed by atoms with Gasteiger partial charge in [0.25, 0.3) is 0 Å². The summed E-state index contributed by atoms with van der Waals surface area (Å²) in [4.78, 5) is 14.2. The van der Waals surface area contributed by atoms with Crippen LogP contribution in [0.25, 0.3) is 0 Å². The molecule has 1 aromatic rings. The topological polar surface area (TPSA) is 32.3 Å². The molecular formula is C18H24ClFN2O. The van der Waals surface area contributed by atoms with E-state index in [2.05, 4.69) is 19.2 Å². The molecule has 0 unspecified atom stereocenters. The van der Waals surface area contributed by atoms with Crippen molar-refractivity contribution in [3.05, 3.63) is 34.6 Å². The molecule has 1 saturated heterocycles. The highest BCUT2D eigenvalue weighted by atomic mass is 35.5. The van der Waals surface area contributed by atoms with Gasteiger partial charge in [-0.1, -0.05) is 24.6 Å². The van der Waals surface area contributed by atoms with E-state index in [1.165, 1.54) is 6.07 Å². The maximum absolute atomic E-state index is 13.3. The van der Waals surface area contributed by atoms with Gasteiger partial charge in [-0.3, -0.25) is 4.79 Å². The lowest BCUT2D eigenvalue weighted by molar-refractivity contribution is -0.134. The number of nitrogens with zero attached hydrogens (tertiary/aromatic N) is 1. The van der Waals surface area contributed by atoms with Crippen molar-refractivity contribution < 1.29 is 9.18 Å². The minimum Gasteiger partial charge on any atom is -0.342 e. The first-order valence-electron chi connectivity index (χ1n) is 8.45. The fourth-order valence-corrected chi connectivity index (χ4v) is 3.57. The van der Waals surface area contributed by atoms with Gasteiger partial charge in [-0.2, -0.15) is 0 Å². The average Bonchev–Trinajstić information content (AvgIpc) is 3.36. The lowest BCUT2D eigenvalue weighted by Gasteiger charge is -2.39. The third kappa shape index (κ3) is 3.86. The van der Waals surface area contributed by atoms with Crippen LogP contribution < -0.4 is 5.32 Å². The van der Waals surface area contributed by atoms with E-state index in [0.717, 1.165) is 37.9 Å². The summed E-state index contributed by atoms with van der Waals surface area (Å²) in [5, 5.41) is 3.78.